The van der Waals surface area contributed by atoms with Crippen LogP contribution in [0.1, 0.15) is 0 Å². The van der Waals surface area contributed by atoms with E-state index in [1.54, 1.807) is 0 Å². The number of rotatable bonds is 1. The number of aromatic nitrogens is 4. The minimum atomic E-state index is 0.578. The van der Waals surface area contributed by atoms with Crippen LogP contribution < -0.4 is 0 Å². The summed E-state index contributed by atoms with van der Waals surface area (Å²) < 4.78 is 2.13. The van der Waals surface area contributed by atoms with Gasteiger partial charge in [0.2, 0.25) is 0 Å². The van der Waals surface area contributed by atoms with Crippen molar-refractivity contribution in [3.8, 4) is 5.95 Å². The molecule has 9 rings (SSSR count). The Hall–Kier alpha value is -5.35. The minimum absolute atomic E-state index is 0.578. The van der Waals surface area contributed by atoms with Gasteiger partial charge in [0, 0.05) is 32.3 Å². The molecule has 4 heteroatoms. The second-order valence-corrected chi connectivity index (χ2v) is 10.1. The Kier molecular flexibility index (Phi) is 4.02. The predicted octanol–water partition coefficient (Wildman–Crippen LogP) is 8.73. The first-order chi connectivity index (χ1) is 19.4. The summed E-state index contributed by atoms with van der Waals surface area (Å²) in [4.78, 5) is 5.27. The van der Waals surface area contributed by atoms with Crippen LogP contribution in [0.3, 0.4) is 0 Å². The molecule has 2 aromatic heterocycles. The summed E-state index contributed by atoms with van der Waals surface area (Å²) in [5, 5.41) is 21.4. The van der Waals surface area contributed by atoms with Crippen LogP contribution in [0.5, 0.6) is 0 Å². The molecule has 0 bridgehead atoms. The van der Waals surface area contributed by atoms with E-state index in [1.165, 1.54) is 43.1 Å². The van der Waals surface area contributed by atoms with Gasteiger partial charge >= 0.3 is 0 Å². The zero-order chi connectivity index (χ0) is 25.5. The SMILES string of the molecule is c1ccc2c(c1)ccc1c3nnc(-n4c5ccccc5c5ccccc54)nc3c3ccc4ccccc4c3c21. The summed E-state index contributed by atoms with van der Waals surface area (Å²) in [5.74, 6) is 0.578. The number of para-hydroxylation sites is 2. The standard InChI is InChI=1S/C35H20N4/c1-3-11-23-21(9-1)17-19-27-31(23)32-24-12-4-2-10-22(24)18-20-28(32)34-33(27)36-35(38-37-34)39-29-15-7-5-13-25(29)26-14-6-8-16-30(26)39/h1-20H. The Labute approximate surface area is 222 Å². The molecule has 0 spiro atoms. The summed E-state index contributed by atoms with van der Waals surface area (Å²) >= 11 is 0. The first kappa shape index (κ1) is 20.7. The molecule has 39 heavy (non-hydrogen) atoms. The van der Waals surface area contributed by atoms with Crippen LogP contribution in [0, 0.1) is 0 Å². The van der Waals surface area contributed by atoms with Crippen LogP contribution in [-0.4, -0.2) is 19.7 Å². The maximum absolute atomic E-state index is 5.27. The third-order valence-electron chi connectivity index (χ3n) is 8.07. The fraction of sp³-hybridized carbons (Fsp3) is 0. The van der Waals surface area contributed by atoms with Crippen molar-refractivity contribution in [2.24, 2.45) is 0 Å². The maximum atomic E-state index is 5.27. The number of hydrogen-bond acceptors (Lipinski definition) is 3. The number of nitrogens with zero attached hydrogens (tertiary/aromatic N) is 4. The molecule has 0 aliphatic heterocycles. The van der Waals surface area contributed by atoms with Crippen LogP contribution in [-0.2, 0) is 0 Å². The number of fused-ring (bicyclic) bond motifs is 13. The van der Waals surface area contributed by atoms with E-state index in [9.17, 15) is 0 Å². The van der Waals surface area contributed by atoms with Crippen LogP contribution in [0.2, 0.25) is 0 Å². The quantitative estimate of drug-likeness (QED) is 0.213. The molecule has 0 radical (unpaired) electrons. The summed E-state index contributed by atoms with van der Waals surface area (Å²) in [6.07, 6.45) is 0. The third-order valence-corrected chi connectivity index (χ3v) is 8.07. The van der Waals surface area contributed by atoms with Gasteiger partial charge in [-0.05, 0) is 33.7 Å². The Bertz CT molecular complexity index is 2400. The first-order valence-corrected chi connectivity index (χ1v) is 13.1. The molecule has 9 aromatic rings. The van der Waals surface area contributed by atoms with Crippen molar-refractivity contribution in [2.75, 3.05) is 0 Å². The van der Waals surface area contributed by atoms with Crippen LogP contribution in [0.4, 0.5) is 0 Å². The lowest BCUT2D eigenvalue weighted by molar-refractivity contribution is 0.926. The molecule has 2 heterocycles. The van der Waals surface area contributed by atoms with E-state index in [-0.39, 0.29) is 0 Å². The predicted molar refractivity (Wildman–Crippen MR) is 162 cm³/mol. The molecular formula is C35H20N4. The lowest BCUT2D eigenvalue weighted by atomic mass is 9.91. The molecule has 0 aliphatic carbocycles. The van der Waals surface area contributed by atoms with E-state index in [1.807, 2.05) is 0 Å². The van der Waals surface area contributed by atoms with E-state index in [4.69, 9.17) is 15.2 Å². The van der Waals surface area contributed by atoms with Crippen LogP contribution in [0.25, 0.3) is 81.9 Å². The summed E-state index contributed by atoms with van der Waals surface area (Å²) in [6, 6.07) is 42.8. The zero-order valence-electron chi connectivity index (χ0n) is 20.8. The van der Waals surface area contributed by atoms with E-state index >= 15 is 0 Å². The summed E-state index contributed by atoms with van der Waals surface area (Å²) in [7, 11) is 0. The molecule has 7 aromatic carbocycles. The second kappa shape index (κ2) is 7.59. The smallest absolute Gasteiger partial charge is 0.255 e. The molecule has 0 unspecified atom stereocenters. The van der Waals surface area contributed by atoms with E-state index in [0.29, 0.717) is 5.95 Å². The molecule has 0 saturated heterocycles. The van der Waals surface area contributed by atoms with Crippen molar-refractivity contribution in [1.82, 2.24) is 19.7 Å². The first-order valence-electron chi connectivity index (χ1n) is 13.1. The average molecular weight is 497 g/mol. The van der Waals surface area contributed by atoms with E-state index in [2.05, 4.69) is 126 Å². The highest BCUT2D eigenvalue weighted by Crippen LogP contribution is 2.41. The highest BCUT2D eigenvalue weighted by molar-refractivity contribution is 6.35. The lowest BCUT2D eigenvalue weighted by Crippen LogP contribution is -2.04. The minimum Gasteiger partial charge on any atom is -0.277 e. The summed E-state index contributed by atoms with van der Waals surface area (Å²) in [6.45, 7) is 0. The van der Waals surface area contributed by atoms with Gasteiger partial charge in [0.15, 0.2) is 0 Å². The van der Waals surface area contributed by atoms with Crippen LogP contribution in [0.15, 0.2) is 121 Å². The van der Waals surface area contributed by atoms with E-state index in [0.717, 1.165) is 32.8 Å². The normalized spacial score (nSPS) is 12.1. The number of benzene rings is 7. The topological polar surface area (TPSA) is 43.6 Å². The maximum Gasteiger partial charge on any atom is 0.255 e. The molecule has 0 N–H and O–H groups in total. The molecule has 0 aliphatic rings. The Morgan fingerprint density at radius 3 is 1.46 bits per heavy atom. The van der Waals surface area contributed by atoms with Crippen molar-refractivity contribution >= 4 is 75.9 Å². The van der Waals surface area contributed by atoms with Gasteiger partial charge in [0.1, 0.15) is 11.0 Å². The molecular weight excluding hydrogens is 476 g/mol. The highest BCUT2D eigenvalue weighted by atomic mass is 15.3. The van der Waals surface area contributed by atoms with Gasteiger partial charge in [-0.1, -0.05) is 109 Å². The average Bonchev–Trinajstić information content (AvgIpc) is 3.34. The fourth-order valence-corrected chi connectivity index (χ4v) is 6.40. The molecule has 0 saturated carbocycles. The van der Waals surface area contributed by atoms with Gasteiger partial charge in [-0.25, -0.2) is 4.98 Å². The highest BCUT2D eigenvalue weighted by Gasteiger charge is 2.19. The Morgan fingerprint density at radius 2 is 0.872 bits per heavy atom. The van der Waals surface area contributed by atoms with Crippen molar-refractivity contribution in [2.45, 2.75) is 0 Å². The van der Waals surface area contributed by atoms with Gasteiger partial charge in [0.05, 0.1) is 11.0 Å². The van der Waals surface area contributed by atoms with Gasteiger partial charge < -0.3 is 0 Å². The van der Waals surface area contributed by atoms with Crippen molar-refractivity contribution in [3.05, 3.63) is 121 Å². The van der Waals surface area contributed by atoms with Crippen molar-refractivity contribution in [3.63, 3.8) is 0 Å². The largest absolute Gasteiger partial charge is 0.277 e. The van der Waals surface area contributed by atoms with Gasteiger partial charge in [-0.2, -0.15) is 0 Å². The van der Waals surface area contributed by atoms with Crippen molar-refractivity contribution < 1.29 is 0 Å². The van der Waals surface area contributed by atoms with E-state index < -0.39 is 0 Å². The monoisotopic (exact) mass is 496 g/mol. The lowest BCUT2D eigenvalue weighted by Gasteiger charge is -2.14. The molecule has 0 amide bonds. The van der Waals surface area contributed by atoms with Gasteiger partial charge in [0.25, 0.3) is 5.95 Å². The molecule has 180 valence electrons. The second-order valence-electron chi connectivity index (χ2n) is 10.1. The fourth-order valence-electron chi connectivity index (χ4n) is 6.40. The third kappa shape index (κ3) is 2.75. The van der Waals surface area contributed by atoms with Gasteiger partial charge in [-0.3, -0.25) is 4.57 Å². The molecule has 0 atom stereocenters. The number of hydrogen-bond donors (Lipinski definition) is 0. The summed E-state index contributed by atoms with van der Waals surface area (Å²) in [5.41, 5.74) is 3.83. The molecule has 4 nitrogen and oxygen atoms in total. The Morgan fingerprint density at radius 1 is 0.385 bits per heavy atom. The zero-order valence-corrected chi connectivity index (χ0v) is 20.8. The van der Waals surface area contributed by atoms with Gasteiger partial charge in [-0.15, -0.1) is 10.2 Å². The van der Waals surface area contributed by atoms with Crippen molar-refractivity contribution in [1.29, 1.82) is 0 Å². The van der Waals surface area contributed by atoms with Crippen LogP contribution >= 0.6 is 0 Å². The molecule has 0 fully saturated rings. The Balaban J connectivity index is 1.50.